The van der Waals surface area contributed by atoms with Crippen LogP contribution in [0.25, 0.3) is 0 Å². The van der Waals surface area contributed by atoms with Crippen molar-refractivity contribution in [1.82, 2.24) is 0 Å². The highest BCUT2D eigenvalue weighted by molar-refractivity contribution is 7.89. The summed E-state index contributed by atoms with van der Waals surface area (Å²) in [7, 11) is -3.39. The predicted molar refractivity (Wildman–Crippen MR) is 51.9 cm³/mol. The van der Waals surface area contributed by atoms with Crippen LogP contribution in [0, 0.1) is 0 Å². The Morgan fingerprint density at radius 1 is 1.54 bits per heavy atom. The molecule has 13 heavy (non-hydrogen) atoms. The molecule has 0 atom stereocenters. The van der Waals surface area contributed by atoms with E-state index in [0.29, 0.717) is 6.61 Å². The topological polar surface area (TPSA) is 69.4 Å². The Morgan fingerprint density at radius 2 is 2.31 bits per heavy atom. The lowest BCUT2D eigenvalue weighted by Gasteiger charge is -2.00. The zero-order chi connectivity index (χ0) is 9.73. The van der Waals surface area contributed by atoms with Gasteiger partial charge in [0.15, 0.2) is 0 Å². The molecule has 0 fully saturated rings. The number of nitrogens with two attached hydrogens (primary N) is 1. The van der Waals surface area contributed by atoms with Gasteiger partial charge >= 0.3 is 0 Å². The third-order valence-electron chi connectivity index (χ3n) is 1.34. The lowest BCUT2D eigenvalue weighted by Crippen LogP contribution is -2.20. The maximum Gasteiger partial charge on any atom is 0.211 e. The maximum atomic E-state index is 10.5. The SMILES string of the molecule is NS(=O)(=O)CCOCc1cccs1. The quantitative estimate of drug-likeness (QED) is 0.738. The average molecular weight is 221 g/mol. The Balaban J connectivity index is 2.16. The van der Waals surface area contributed by atoms with Crippen LogP contribution in [0.1, 0.15) is 4.88 Å². The van der Waals surface area contributed by atoms with E-state index in [1.165, 1.54) is 0 Å². The molecule has 74 valence electrons. The van der Waals surface area contributed by atoms with Gasteiger partial charge in [0.2, 0.25) is 10.0 Å². The lowest BCUT2D eigenvalue weighted by molar-refractivity contribution is 0.137. The summed E-state index contributed by atoms with van der Waals surface area (Å²) in [6.07, 6.45) is 0. The molecule has 1 rings (SSSR count). The Morgan fingerprint density at radius 3 is 2.85 bits per heavy atom. The van der Waals surface area contributed by atoms with Gasteiger partial charge < -0.3 is 4.74 Å². The molecule has 0 spiro atoms. The summed E-state index contributed by atoms with van der Waals surface area (Å²) in [4.78, 5) is 1.08. The molecule has 0 amide bonds. The van der Waals surface area contributed by atoms with Gasteiger partial charge in [-0.1, -0.05) is 6.07 Å². The van der Waals surface area contributed by atoms with Crippen LogP contribution in [0.5, 0.6) is 0 Å². The number of ether oxygens (including phenoxy) is 1. The number of primary sulfonamides is 1. The molecule has 0 unspecified atom stereocenters. The first-order chi connectivity index (χ1) is 6.08. The second-order valence-electron chi connectivity index (χ2n) is 2.50. The highest BCUT2D eigenvalue weighted by atomic mass is 32.2. The fraction of sp³-hybridized carbons (Fsp3) is 0.429. The molecule has 1 heterocycles. The second-order valence-corrected chi connectivity index (χ2v) is 5.27. The second kappa shape index (κ2) is 4.71. The monoisotopic (exact) mass is 221 g/mol. The minimum Gasteiger partial charge on any atom is -0.375 e. The van der Waals surface area contributed by atoms with Gasteiger partial charge in [-0.05, 0) is 11.4 Å². The molecule has 1 aromatic heterocycles. The molecule has 0 radical (unpaired) electrons. The molecule has 1 aromatic rings. The minimum absolute atomic E-state index is 0.127. The van der Waals surface area contributed by atoms with E-state index in [1.807, 2.05) is 17.5 Å². The van der Waals surface area contributed by atoms with Crippen molar-refractivity contribution in [3.05, 3.63) is 22.4 Å². The van der Waals surface area contributed by atoms with E-state index in [-0.39, 0.29) is 12.4 Å². The Hall–Kier alpha value is -0.430. The van der Waals surface area contributed by atoms with Crippen LogP contribution in [-0.2, 0) is 21.4 Å². The van der Waals surface area contributed by atoms with Gasteiger partial charge in [0.05, 0.1) is 19.0 Å². The summed E-state index contributed by atoms with van der Waals surface area (Å²) < 4.78 is 26.1. The van der Waals surface area contributed by atoms with Crippen molar-refractivity contribution in [3.63, 3.8) is 0 Å². The zero-order valence-corrected chi connectivity index (χ0v) is 8.60. The van der Waals surface area contributed by atoms with Crippen LogP contribution in [-0.4, -0.2) is 20.8 Å². The predicted octanol–water partition coefficient (Wildman–Crippen LogP) is 0.553. The van der Waals surface area contributed by atoms with Gasteiger partial charge in [-0.3, -0.25) is 0 Å². The molecule has 0 aliphatic rings. The van der Waals surface area contributed by atoms with E-state index >= 15 is 0 Å². The smallest absolute Gasteiger partial charge is 0.211 e. The summed E-state index contributed by atoms with van der Waals surface area (Å²) in [6, 6.07) is 3.85. The van der Waals surface area contributed by atoms with E-state index in [1.54, 1.807) is 11.3 Å². The molecule has 0 aliphatic carbocycles. The van der Waals surface area contributed by atoms with Crippen LogP contribution in [0.15, 0.2) is 17.5 Å². The third kappa shape index (κ3) is 4.99. The van der Waals surface area contributed by atoms with E-state index < -0.39 is 10.0 Å². The van der Waals surface area contributed by atoms with Crippen molar-refractivity contribution < 1.29 is 13.2 Å². The maximum absolute atomic E-state index is 10.5. The normalized spacial score (nSPS) is 11.8. The van der Waals surface area contributed by atoms with Crippen molar-refractivity contribution in [3.8, 4) is 0 Å². The largest absolute Gasteiger partial charge is 0.375 e. The van der Waals surface area contributed by atoms with Crippen molar-refractivity contribution in [2.45, 2.75) is 6.61 Å². The van der Waals surface area contributed by atoms with Crippen LogP contribution in [0.4, 0.5) is 0 Å². The molecule has 0 saturated heterocycles. The number of rotatable bonds is 5. The number of hydrogen-bond acceptors (Lipinski definition) is 4. The fourth-order valence-electron chi connectivity index (χ4n) is 0.743. The zero-order valence-electron chi connectivity index (χ0n) is 6.97. The average Bonchev–Trinajstić information content (AvgIpc) is 2.48. The summed E-state index contributed by atoms with van der Waals surface area (Å²) in [5.41, 5.74) is 0. The van der Waals surface area contributed by atoms with Crippen molar-refractivity contribution >= 4 is 21.4 Å². The first-order valence-electron chi connectivity index (χ1n) is 3.68. The standard InChI is InChI=1S/C7H11NO3S2/c8-13(9,10)5-3-11-6-7-2-1-4-12-7/h1-2,4H,3,5-6H2,(H2,8,9,10). The fourth-order valence-corrected chi connectivity index (χ4v) is 1.73. The van der Waals surface area contributed by atoms with Gasteiger partial charge in [-0.2, -0.15) is 0 Å². The highest BCUT2D eigenvalue weighted by Crippen LogP contribution is 2.09. The molecule has 6 heteroatoms. The van der Waals surface area contributed by atoms with Gasteiger partial charge in [0.1, 0.15) is 0 Å². The summed E-state index contributed by atoms with van der Waals surface area (Å²) >= 11 is 1.58. The van der Waals surface area contributed by atoms with Crippen LogP contribution >= 0.6 is 11.3 Å². The molecule has 0 bridgehead atoms. The van der Waals surface area contributed by atoms with Crippen LogP contribution in [0.3, 0.4) is 0 Å². The first-order valence-corrected chi connectivity index (χ1v) is 6.28. The molecule has 0 saturated carbocycles. The van der Waals surface area contributed by atoms with E-state index in [2.05, 4.69) is 0 Å². The number of thiophene rings is 1. The van der Waals surface area contributed by atoms with Crippen LogP contribution in [0.2, 0.25) is 0 Å². The molecule has 0 aliphatic heterocycles. The van der Waals surface area contributed by atoms with E-state index in [4.69, 9.17) is 9.88 Å². The van der Waals surface area contributed by atoms with E-state index in [0.717, 1.165) is 4.88 Å². The van der Waals surface area contributed by atoms with Gasteiger partial charge in [-0.15, -0.1) is 11.3 Å². The van der Waals surface area contributed by atoms with E-state index in [9.17, 15) is 8.42 Å². The molecular weight excluding hydrogens is 210 g/mol. The molecule has 0 aromatic carbocycles. The van der Waals surface area contributed by atoms with Crippen LogP contribution < -0.4 is 5.14 Å². The van der Waals surface area contributed by atoms with Gasteiger partial charge in [-0.25, -0.2) is 13.6 Å². The third-order valence-corrected chi connectivity index (χ3v) is 2.92. The molecular formula is C7H11NO3S2. The van der Waals surface area contributed by atoms with Gasteiger partial charge in [0.25, 0.3) is 0 Å². The van der Waals surface area contributed by atoms with Crippen molar-refractivity contribution in [1.29, 1.82) is 0 Å². The summed E-state index contributed by atoms with van der Waals surface area (Å²) in [5.74, 6) is -0.127. The first kappa shape index (κ1) is 10.6. The summed E-state index contributed by atoms with van der Waals surface area (Å²) in [6.45, 7) is 0.601. The number of sulfonamides is 1. The number of hydrogen-bond donors (Lipinski definition) is 1. The Bertz CT molecular complexity index is 331. The minimum atomic E-state index is -3.39. The molecule has 2 N–H and O–H groups in total. The van der Waals surface area contributed by atoms with Crippen molar-refractivity contribution in [2.75, 3.05) is 12.4 Å². The lowest BCUT2D eigenvalue weighted by atomic mass is 10.5. The Labute approximate surface area is 81.4 Å². The molecule has 4 nitrogen and oxygen atoms in total. The van der Waals surface area contributed by atoms with Gasteiger partial charge in [0, 0.05) is 4.88 Å². The highest BCUT2D eigenvalue weighted by Gasteiger charge is 2.01. The Kier molecular flexibility index (Phi) is 3.86. The summed E-state index contributed by atoms with van der Waals surface area (Å²) in [5, 5.41) is 6.73. The van der Waals surface area contributed by atoms with Crippen molar-refractivity contribution in [2.24, 2.45) is 5.14 Å².